The molecule has 18 heavy (non-hydrogen) atoms. The average Bonchev–Trinajstić information content (AvgIpc) is 2.59. The van der Waals surface area contributed by atoms with E-state index in [0.717, 1.165) is 30.5 Å². The van der Waals surface area contributed by atoms with Gasteiger partial charge in [0.15, 0.2) is 0 Å². The molecule has 2 aromatic rings. The Labute approximate surface area is 105 Å². The lowest BCUT2D eigenvalue weighted by Gasteiger charge is -2.36. The first kappa shape index (κ1) is 11.5. The van der Waals surface area contributed by atoms with E-state index in [1.54, 1.807) is 6.07 Å². The zero-order valence-corrected chi connectivity index (χ0v) is 10.3. The van der Waals surface area contributed by atoms with Gasteiger partial charge in [-0.3, -0.25) is 0 Å². The molecule has 0 spiro atoms. The minimum atomic E-state index is -0.260. The summed E-state index contributed by atoms with van der Waals surface area (Å²) < 4.78 is 20.8. The van der Waals surface area contributed by atoms with Gasteiger partial charge < -0.3 is 15.0 Å². The second kappa shape index (κ2) is 4.24. The first-order valence-electron chi connectivity index (χ1n) is 6.23. The van der Waals surface area contributed by atoms with E-state index in [2.05, 4.69) is 4.98 Å². The van der Waals surface area contributed by atoms with Crippen molar-refractivity contribution in [1.29, 1.82) is 0 Å². The van der Waals surface area contributed by atoms with Gasteiger partial charge >= 0.3 is 0 Å². The Balaban J connectivity index is 1.92. The van der Waals surface area contributed by atoms with Gasteiger partial charge in [-0.05, 0) is 38.0 Å². The summed E-state index contributed by atoms with van der Waals surface area (Å²) >= 11 is 0. The molecule has 0 unspecified atom stereocenters. The quantitative estimate of drug-likeness (QED) is 0.909. The van der Waals surface area contributed by atoms with E-state index < -0.39 is 0 Å². The lowest BCUT2D eigenvalue weighted by atomic mass is 9.89. The molecule has 0 bridgehead atoms. The first-order chi connectivity index (χ1) is 8.69. The standard InChI is InChI=1S/C13H16FN3O/c1-2-18-10-6-9(7-10)17-12-5-8(14)3-4-11(12)16-13(17)15/h3-5,9-10H,2,6-7H2,1H3,(H2,15,16). The Morgan fingerprint density at radius 2 is 2.28 bits per heavy atom. The predicted octanol–water partition coefficient (Wildman–Crippen LogP) is 2.50. The summed E-state index contributed by atoms with van der Waals surface area (Å²) in [5, 5.41) is 0. The highest BCUT2D eigenvalue weighted by atomic mass is 19.1. The van der Waals surface area contributed by atoms with E-state index in [-0.39, 0.29) is 11.9 Å². The van der Waals surface area contributed by atoms with E-state index in [1.165, 1.54) is 12.1 Å². The maximum absolute atomic E-state index is 13.3. The molecular weight excluding hydrogens is 233 g/mol. The number of imidazole rings is 1. The topological polar surface area (TPSA) is 53.1 Å². The monoisotopic (exact) mass is 249 g/mol. The van der Waals surface area contributed by atoms with Gasteiger partial charge in [0.25, 0.3) is 0 Å². The third-order valence-electron chi connectivity index (χ3n) is 3.52. The van der Waals surface area contributed by atoms with E-state index in [0.29, 0.717) is 12.1 Å². The SMILES string of the molecule is CCOC1CC(n2c(N)nc3ccc(F)cc32)C1. The summed E-state index contributed by atoms with van der Waals surface area (Å²) in [4.78, 5) is 4.26. The van der Waals surface area contributed by atoms with Gasteiger partial charge in [0.05, 0.1) is 17.1 Å². The summed E-state index contributed by atoms with van der Waals surface area (Å²) in [5.74, 6) is 0.194. The first-order valence-corrected chi connectivity index (χ1v) is 6.23. The fourth-order valence-electron chi connectivity index (χ4n) is 2.59. The van der Waals surface area contributed by atoms with Crippen molar-refractivity contribution in [2.75, 3.05) is 12.3 Å². The molecule has 0 amide bonds. The zero-order valence-electron chi connectivity index (χ0n) is 10.3. The van der Waals surface area contributed by atoms with Crippen molar-refractivity contribution >= 4 is 17.0 Å². The second-order valence-electron chi connectivity index (χ2n) is 4.68. The number of hydrogen-bond acceptors (Lipinski definition) is 3. The third kappa shape index (κ3) is 1.75. The van der Waals surface area contributed by atoms with Crippen LogP contribution in [0.3, 0.4) is 0 Å². The lowest BCUT2D eigenvalue weighted by Crippen LogP contribution is -2.33. The Morgan fingerprint density at radius 1 is 1.50 bits per heavy atom. The van der Waals surface area contributed by atoms with Crippen LogP contribution in [0.25, 0.3) is 11.0 Å². The molecule has 0 aliphatic heterocycles. The number of aromatic nitrogens is 2. The van der Waals surface area contributed by atoms with Gasteiger partial charge in [-0.2, -0.15) is 0 Å². The molecule has 0 atom stereocenters. The summed E-state index contributed by atoms with van der Waals surface area (Å²) in [5.41, 5.74) is 7.44. The van der Waals surface area contributed by atoms with Crippen LogP contribution in [-0.4, -0.2) is 22.3 Å². The van der Waals surface area contributed by atoms with Gasteiger partial charge in [-0.15, -0.1) is 0 Å². The Morgan fingerprint density at radius 3 is 3.00 bits per heavy atom. The van der Waals surface area contributed by atoms with Crippen LogP contribution in [0.1, 0.15) is 25.8 Å². The third-order valence-corrected chi connectivity index (χ3v) is 3.52. The number of anilines is 1. The van der Waals surface area contributed by atoms with Gasteiger partial charge in [-0.25, -0.2) is 9.37 Å². The summed E-state index contributed by atoms with van der Waals surface area (Å²) in [6.07, 6.45) is 2.13. The van der Waals surface area contributed by atoms with Crippen molar-refractivity contribution in [3.8, 4) is 0 Å². The average molecular weight is 249 g/mol. The zero-order chi connectivity index (χ0) is 12.7. The molecule has 1 aromatic heterocycles. The molecule has 0 saturated heterocycles. The minimum Gasteiger partial charge on any atom is -0.378 e. The molecule has 5 heteroatoms. The minimum absolute atomic E-state index is 0.260. The Hall–Kier alpha value is -1.62. The van der Waals surface area contributed by atoms with E-state index in [4.69, 9.17) is 10.5 Å². The van der Waals surface area contributed by atoms with Crippen molar-refractivity contribution in [3.63, 3.8) is 0 Å². The molecule has 1 aromatic carbocycles. The normalized spacial score (nSPS) is 23.2. The molecule has 1 saturated carbocycles. The second-order valence-corrected chi connectivity index (χ2v) is 4.68. The van der Waals surface area contributed by atoms with Crippen LogP contribution in [0.5, 0.6) is 0 Å². The fourth-order valence-corrected chi connectivity index (χ4v) is 2.59. The number of nitrogens with zero attached hydrogens (tertiary/aromatic N) is 2. The largest absolute Gasteiger partial charge is 0.378 e. The number of hydrogen-bond donors (Lipinski definition) is 1. The molecule has 0 radical (unpaired) electrons. The van der Waals surface area contributed by atoms with Crippen molar-refractivity contribution in [2.24, 2.45) is 0 Å². The molecular formula is C13H16FN3O. The number of benzene rings is 1. The number of nitrogens with two attached hydrogens (primary N) is 1. The van der Waals surface area contributed by atoms with E-state index in [9.17, 15) is 4.39 Å². The van der Waals surface area contributed by atoms with Gasteiger partial charge in [0, 0.05) is 12.6 Å². The van der Waals surface area contributed by atoms with Crippen LogP contribution in [0, 0.1) is 5.82 Å². The highest BCUT2D eigenvalue weighted by molar-refractivity contribution is 5.78. The van der Waals surface area contributed by atoms with Crippen LogP contribution in [0.15, 0.2) is 18.2 Å². The number of nitrogen functional groups attached to an aromatic ring is 1. The van der Waals surface area contributed by atoms with Crippen LogP contribution in [-0.2, 0) is 4.74 Å². The van der Waals surface area contributed by atoms with Gasteiger partial charge in [0.1, 0.15) is 5.82 Å². The molecule has 3 rings (SSSR count). The van der Waals surface area contributed by atoms with Crippen molar-refractivity contribution in [1.82, 2.24) is 9.55 Å². The Kier molecular flexibility index (Phi) is 2.70. The highest BCUT2D eigenvalue weighted by Crippen LogP contribution is 2.38. The Bertz CT molecular complexity index is 575. The van der Waals surface area contributed by atoms with Gasteiger partial charge in [0.2, 0.25) is 5.95 Å². The van der Waals surface area contributed by atoms with Crippen LogP contribution >= 0.6 is 0 Å². The fraction of sp³-hybridized carbons (Fsp3) is 0.462. The number of halogens is 1. The molecule has 1 aliphatic carbocycles. The molecule has 1 fully saturated rings. The van der Waals surface area contributed by atoms with E-state index >= 15 is 0 Å². The smallest absolute Gasteiger partial charge is 0.201 e. The van der Waals surface area contributed by atoms with Crippen LogP contribution < -0.4 is 5.73 Å². The van der Waals surface area contributed by atoms with Crippen molar-refractivity contribution in [2.45, 2.75) is 31.9 Å². The summed E-state index contributed by atoms with van der Waals surface area (Å²) in [6, 6.07) is 4.83. The van der Waals surface area contributed by atoms with Crippen LogP contribution in [0.4, 0.5) is 10.3 Å². The van der Waals surface area contributed by atoms with Crippen molar-refractivity contribution < 1.29 is 9.13 Å². The molecule has 1 heterocycles. The molecule has 1 aliphatic rings. The van der Waals surface area contributed by atoms with Crippen LogP contribution in [0.2, 0.25) is 0 Å². The lowest BCUT2D eigenvalue weighted by molar-refractivity contribution is -0.0182. The number of rotatable bonds is 3. The number of ether oxygens (including phenoxy) is 1. The molecule has 96 valence electrons. The number of fused-ring (bicyclic) bond motifs is 1. The predicted molar refractivity (Wildman–Crippen MR) is 67.8 cm³/mol. The molecule has 2 N–H and O–H groups in total. The van der Waals surface area contributed by atoms with Gasteiger partial charge in [-0.1, -0.05) is 0 Å². The summed E-state index contributed by atoms with van der Waals surface area (Å²) in [6.45, 7) is 2.72. The molecule has 4 nitrogen and oxygen atoms in total. The maximum Gasteiger partial charge on any atom is 0.201 e. The highest BCUT2D eigenvalue weighted by Gasteiger charge is 2.33. The van der Waals surface area contributed by atoms with Crippen molar-refractivity contribution in [3.05, 3.63) is 24.0 Å². The summed E-state index contributed by atoms with van der Waals surface area (Å²) in [7, 11) is 0. The van der Waals surface area contributed by atoms with E-state index in [1.807, 2.05) is 11.5 Å². The maximum atomic E-state index is 13.3.